The van der Waals surface area contributed by atoms with Gasteiger partial charge in [-0.25, -0.2) is 4.79 Å². The molecule has 5 unspecified atom stereocenters. The Bertz CT molecular complexity index is 1840. The monoisotopic (exact) mass is 807 g/mol. The first kappa shape index (κ1) is 47.0. The van der Waals surface area contributed by atoms with E-state index in [0.29, 0.717) is 5.56 Å². The van der Waals surface area contributed by atoms with E-state index in [1.807, 2.05) is 0 Å². The maximum atomic E-state index is 13.5. The van der Waals surface area contributed by atoms with Gasteiger partial charge in [-0.2, -0.15) is 0 Å². The van der Waals surface area contributed by atoms with Gasteiger partial charge in [0.15, 0.2) is 0 Å². The van der Waals surface area contributed by atoms with E-state index >= 15 is 0 Å². The maximum absolute atomic E-state index is 13.5. The van der Waals surface area contributed by atoms with Crippen molar-refractivity contribution >= 4 is 59.1 Å². The number of nitrogens with two attached hydrogens (primary N) is 2. The third-order valence-electron chi connectivity index (χ3n) is 8.19. The SMILES string of the molecule is CC(NC(=O)C(NC(=O)C(CCC(N)=O)NC(=O)C=CC(=O)NCC(=O)NCC(=O)NC(Cc1ccccc1)C(=O)O)c1ccccc1)C(=O)NC(C(N)=O)C(C)C. The van der Waals surface area contributed by atoms with Gasteiger partial charge in [-0.15, -0.1) is 0 Å². The van der Waals surface area contributed by atoms with Crippen LogP contribution in [-0.2, 0) is 54.4 Å². The molecule has 312 valence electrons. The number of carboxylic acids is 1. The number of amides is 9. The molecule has 58 heavy (non-hydrogen) atoms. The van der Waals surface area contributed by atoms with Crippen LogP contribution in [0.25, 0.3) is 0 Å². The third kappa shape index (κ3) is 17.1. The molecule has 0 aliphatic heterocycles. The van der Waals surface area contributed by atoms with Crippen LogP contribution >= 0.6 is 0 Å². The molecule has 0 saturated heterocycles. The lowest BCUT2D eigenvalue weighted by Gasteiger charge is -2.25. The number of carbonyl (C=O) groups excluding carboxylic acids is 9. The average molecular weight is 808 g/mol. The fourth-order valence-electron chi connectivity index (χ4n) is 5.08. The number of nitrogens with one attached hydrogen (secondary N) is 7. The second-order valence-electron chi connectivity index (χ2n) is 13.3. The number of aliphatic carboxylic acids is 1. The Kier molecular flexibility index (Phi) is 19.2. The highest BCUT2D eigenvalue weighted by Crippen LogP contribution is 2.15. The van der Waals surface area contributed by atoms with Crippen LogP contribution in [0.3, 0.4) is 0 Å². The summed E-state index contributed by atoms with van der Waals surface area (Å²) in [6.07, 6.45) is 0.813. The topological polar surface area (TPSA) is 327 Å². The van der Waals surface area contributed by atoms with Crippen molar-refractivity contribution in [2.45, 2.75) is 70.2 Å². The van der Waals surface area contributed by atoms with E-state index in [1.165, 1.54) is 19.1 Å². The number of hydrogen-bond acceptors (Lipinski definition) is 10. The van der Waals surface area contributed by atoms with Gasteiger partial charge in [0, 0.05) is 25.0 Å². The predicted octanol–water partition coefficient (Wildman–Crippen LogP) is -2.67. The lowest BCUT2D eigenvalue weighted by molar-refractivity contribution is -0.141. The van der Waals surface area contributed by atoms with Crippen LogP contribution in [0.15, 0.2) is 72.8 Å². The van der Waals surface area contributed by atoms with E-state index in [2.05, 4.69) is 37.2 Å². The fraction of sp³-hybridized carbons (Fsp3) is 0.368. The van der Waals surface area contributed by atoms with Crippen LogP contribution in [0.5, 0.6) is 0 Å². The largest absolute Gasteiger partial charge is 0.480 e. The lowest BCUT2D eigenvalue weighted by atomic mass is 10.0. The molecule has 5 atom stereocenters. The highest BCUT2D eigenvalue weighted by atomic mass is 16.4. The van der Waals surface area contributed by atoms with Gasteiger partial charge in [0.25, 0.3) is 0 Å². The average Bonchev–Trinajstić information content (AvgIpc) is 3.17. The van der Waals surface area contributed by atoms with E-state index in [4.69, 9.17) is 11.5 Å². The lowest BCUT2D eigenvalue weighted by Crippen LogP contribution is -2.55. The smallest absolute Gasteiger partial charge is 0.326 e. The van der Waals surface area contributed by atoms with Gasteiger partial charge < -0.3 is 53.8 Å². The molecule has 0 bridgehead atoms. The van der Waals surface area contributed by atoms with Crippen molar-refractivity contribution < 1.29 is 53.1 Å². The normalized spacial score (nSPS) is 13.4. The van der Waals surface area contributed by atoms with Crippen molar-refractivity contribution in [1.29, 1.82) is 0 Å². The summed E-state index contributed by atoms with van der Waals surface area (Å²) in [7, 11) is 0. The molecule has 20 nitrogen and oxygen atoms in total. The standard InChI is InChI=1S/C38H49N9O11/c1-21(2)32(34(40)53)46-35(54)22(3)43-37(56)33(24-12-8-5-9-13-24)47-36(55)25(14-15-27(39)48)44-29(50)17-16-28(49)41-19-30(51)42-20-31(52)45-26(38(57)58)18-23-10-6-4-7-11-23/h4-13,16-17,21-22,25-26,32-33H,14-15,18-20H2,1-3H3,(H2,39,48)(H2,40,53)(H,41,49)(H,42,51)(H,43,56)(H,44,50)(H,45,52)(H,46,54)(H,47,55)(H,57,58). The zero-order valence-electron chi connectivity index (χ0n) is 32.1. The highest BCUT2D eigenvalue weighted by molar-refractivity contribution is 6.00. The highest BCUT2D eigenvalue weighted by Gasteiger charge is 2.31. The molecule has 0 spiro atoms. The minimum atomic E-state index is -1.46. The zero-order chi connectivity index (χ0) is 43.4. The van der Waals surface area contributed by atoms with Crippen LogP contribution in [0.4, 0.5) is 0 Å². The summed E-state index contributed by atoms with van der Waals surface area (Å²) < 4.78 is 0. The summed E-state index contributed by atoms with van der Waals surface area (Å²) in [4.78, 5) is 124. The maximum Gasteiger partial charge on any atom is 0.326 e. The van der Waals surface area contributed by atoms with Crippen LogP contribution in [0, 0.1) is 5.92 Å². The van der Waals surface area contributed by atoms with Gasteiger partial charge in [0.2, 0.25) is 53.2 Å². The minimum Gasteiger partial charge on any atom is -0.480 e. The van der Waals surface area contributed by atoms with Gasteiger partial charge in [-0.1, -0.05) is 74.5 Å². The van der Waals surface area contributed by atoms with Gasteiger partial charge in [0.05, 0.1) is 13.1 Å². The molecule has 2 aromatic rings. The van der Waals surface area contributed by atoms with Gasteiger partial charge in [-0.3, -0.25) is 43.2 Å². The number of benzene rings is 2. The van der Waals surface area contributed by atoms with Crippen molar-refractivity contribution in [3.8, 4) is 0 Å². The van der Waals surface area contributed by atoms with Gasteiger partial charge in [-0.05, 0) is 30.4 Å². The second kappa shape index (κ2) is 23.7. The molecule has 0 aromatic heterocycles. The molecule has 2 rings (SSSR count). The third-order valence-corrected chi connectivity index (χ3v) is 8.19. The van der Waals surface area contributed by atoms with E-state index in [9.17, 15) is 53.1 Å². The Morgan fingerprint density at radius 3 is 1.79 bits per heavy atom. The number of rotatable bonds is 23. The fourth-order valence-corrected chi connectivity index (χ4v) is 5.08. The molecular formula is C38H49N9O11. The van der Waals surface area contributed by atoms with Gasteiger partial charge in [0.1, 0.15) is 30.2 Å². The minimum absolute atomic E-state index is 0.00916. The van der Waals surface area contributed by atoms with Crippen molar-refractivity contribution in [3.63, 3.8) is 0 Å². The van der Waals surface area contributed by atoms with Gasteiger partial charge >= 0.3 is 5.97 Å². The van der Waals surface area contributed by atoms with E-state index in [1.54, 1.807) is 62.4 Å². The molecule has 0 aliphatic carbocycles. The molecule has 0 aliphatic rings. The molecule has 0 heterocycles. The molecular weight excluding hydrogens is 758 g/mol. The molecule has 2 aromatic carbocycles. The molecule has 9 amide bonds. The van der Waals surface area contributed by atoms with Crippen LogP contribution in [0.1, 0.15) is 50.8 Å². The Balaban J connectivity index is 2.01. The summed E-state index contributed by atoms with van der Waals surface area (Å²) in [5.74, 6) is -9.19. The predicted molar refractivity (Wildman–Crippen MR) is 206 cm³/mol. The molecule has 20 heteroatoms. The molecule has 12 N–H and O–H groups in total. The number of primary amides is 2. The second-order valence-corrected chi connectivity index (χ2v) is 13.3. The first-order valence-electron chi connectivity index (χ1n) is 18.0. The first-order valence-corrected chi connectivity index (χ1v) is 18.0. The number of hydrogen-bond donors (Lipinski definition) is 10. The van der Waals surface area contributed by atoms with Crippen LogP contribution < -0.4 is 48.7 Å². The molecule has 0 fully saturated rings. The number of carboxylic acid groups (broad SMARTS) is 1. The van der Waals surface area contributed by atoms with Crippen molar-refractivity contribution in [1.82, 2.24) is 37.2 Å². The quantitative estimate of drug-likeness (QED) is 0.0516. The Hall–Kier alpha value is -7.12. The van der Waals surface area contributed by atoms with Crippen LogP contribution in [-0.4, -0.2) is 101 Å². The van der Waals surface area contributed by atoms with Crippen molar-refractivity contribution in [3.05, 3.63) is 83.9 Å². The summed E-state index contributed by atoms with van der Waals surface area (Å²) in [5, 5.41) is 25.9. The van der Waals surface area contributed by atoms with E-state index in [0.717, 1.165) is 12.2 Å². The Labute approximate surface area is 333 Å². The van der Waals surface area contributed by atoms with Crippen LogP contribution in [0.2, 0.25) is 0 Å². The molecule has 0 saturated carbocycles. The van der Waals surface area contributed by atoms with E-state index in [-0.39, 0.29) is 30.7 Å². The zero-order valence-corrected chi connectivity index (χ0v) is 32.1. The van der Waals surface area contributed by atoms with Crippen molar-refractivity contribution in [2.24, 2.45) is 17.4 Å². The Morgan fingerprint density at radius 2 is 1.22 bits per heavy atom. The first-order chi connectivity index (χ1) is 27.4. The van der Waals surface area contributed by atoms with Crippen molar-refractivity contribution in [2.75, 3.05) is 13.1 Å². The summed E-state index contributed by atoms with van der Waals surface area (Å²) in [6, 6.07) is 10.1. The van der Waals surface area contributed by atoms with E-state index < -0.39 is 102 Å². The summed E-state index contributed by atoms with van der Waals surface area (Å²) in [5.41, 5.74) is 11.6. The summed E-state index contributed by atoms with van der Waals surface area (Å²) in [6.45, 7) is 3.48. The number of carbonyl (C=O) groups is 10. The summed E-state index contributed by atoms with van der Waals surface area (Å²) >= 11 is 0. The molecule has 0 radical (unpaired) electrons. The Morgan fingerprint density at radius 1 is 0.638 bits per heavy atom.